The van der Waals surface area contributed by atoms with Crippen LogP contribution < -0.4 is 10.6 Å². The molecule has 0 aromatic carbocycles. The summed E-state index contributed by atoms with van der Waals surface area (Å²) in [5, 5.41) is 14.7. The van der Waals surface area contributed by atoms with Crippen LogP contribution in [0.25, 0.3) is 0 Å². The van der Waals surface area contributed by atoms with Gasteiger partial charge in [0.25, 0.3) is 0 Å². The van der Waals surface area contributed by atoms with E-state index < -0.39 is 11.4 Å². The Balaban J connectivity index is 2.39. The van der Waals surface area contributed by atoms with E-state index in [2.05, 4.69) is 10.6 Å². The summed E-state index contributed by atoms with van der Waals surface area (Å²) in [4.78, 5) is 22.4. The second-order valence-corrected chi connectivity index (χ2v) is 4.29. The third-order valence-corrected chi connectivity index (χ3v) is 3.10. The Morgan fingerprint density at radius 1 is 1.53 bits per heavy atom. The monoisotopic (exact) mass is 214 g/mol. The summed E-state index contributed by atoms with van der Waals surface area (Å²) >= 11 is 0. The minimum Gasteiger partial charge on any atom is -0.481 e. The number of hydrogen-bond acceptors (Lipinski definition) is 3. The van der Waals surface area contributed by atoms with E-state index in [1.807, 2.05) is 6.92 Å². The molecule has 1 fully saturated rings. The molecule has 3 N–H and O–H groups in total. The first-order chi connectivity index (χ1) is 6.99. The minimum atomic E-state index is -0.864. The van der Waals surface area contributed by atoms with Crippen molar-refractivity contribution in [2.75, 3.05) is 19.6 Å². The fraction of sp³-hybridized carbons (Fsp3) is 0.800. The number of aliphatic carboxylic acids is 1. The van der Waals surface area contributed by atoms with Gasteiger partial charge in [0.15, 0.2) is 0 Å². The average Bonchev–Trinajstić information content (AvgIpc) is 2.11. The Bertz CT molecular complexity index is 263. The number of hydrogen-bond donors (Lipinski definition) is 3. The summed E-state index contributed by atoms with van der Waals surface area (Å²) in [6.07, 6.45) is 0.505. The summed E-state index contributed by atoms with van der Waals surface area (Å²) < 4.78 is 0. The number of rotatable bonds is 5. The predicted octanol–water partition coefficient (Wildman–Crippen LogP) is -0.177. The molecule has 0 bridgehead atoms. The largest absolute Gasteiger partial charge is 0.481 e. The van der Waals surface area contributed by atoms with Crippen molar-refractivity contribution in [2.45, 2.75) is 20.3 Å². The zero-order chi connectivity index (χ0) is 11.5. The van der Waals surface area contributed by atoms with Gasteiger partial charge in [-0.05, 0) is 13.3 Å². The molecule has 1 heterocycles. The fourth-order valence-corrected chi connectivity index (χ4v) is 1.25. The fourth-order valence-electron chi connectivity index (χ4n) is 1.25. The third kappa shape index (κ3) is 2.68. The Hall–Kier alpha value is -1.10. The van der Waals surface area contributed by atoms with E-state index in [1.165, 1.54) is 0 Å². The molecule has 86 valence electrons. The molecule has 0 radical (unpaired) electrons. The normalized spacial score (nSPS) is 20.1. The highest BCUT2D eigenvalue weighted by Gasteiger charge is 2.33. The Labute approximate surface area is 89.2 Å². The molecule has 1 saturated heterocycles. The van der Waals surface area contributed by atoms with Gasteiger partial charge in [-0.15, -0.1) is 0 Å². The maximum Gasteiger partial charge on any atom is 0.311 e. The Kier molecular flexibility index (Phi) is 3.68. The topological polar surface area (TPSA) is 78.4 Å². The molecule has 1 aliphatic heterocycles. The van der Waals surface area contributed by atoms with Crippen LogP contribution in [0.15, 0.2) is 0 Å². The van der Waals surface area contributed by atoms with Crippen LogP contribution in [0.2, 0.25) is 0 Å². The van der Waals surface area contributed by atoms with Crippen molar-refractivity contribution in [3.63, 3.8) is 0 Å². The molecule has 1 rings (SSSR count). The van der Waals surface area contributed by atoms with E-state index in [0.29, 0.717) is 19.5 Å². The molecule has 1 amide bonds. The summed E-state index contributed by atoms with van der Waals surface area (Å²) in [7, 11) is 0. The summed E-state index contributed by atoms with van der Waals surface area (Å²) in [6.45, 7) is 5.05. The van der Waals surface area contributed by atoms with Gasteiger partial charge in [0.1, 0.15) is 0 Å². The first kappa shape index (κ1) is 12.0. The third-order valence-electron chi connectivity index (χ3n) is 3.10. The highest BCUT2D eigenvalue weighted by atomic mass is 16.4. The van der Waals surface area contributed by atoms with Crippen molar-refractivity contribution in [3.05, 3.63) is 0 Å². The van der Waals surface area contributed by atoms with Crippen molar-refractivity contribution in [3.8, 4) is 0 Å². The number of carbonyl (C=O) groups is 2. The molecule has 0 saturated carbocycles. The van der Waals surface area contributed by atoms with Crippen molar-refractivity contribution in [1.82, 2.24) is 10.6 Å². The maximum atomic E-state index is 11.5. The number of carboxylic acids is 1. The number of carboxylic acid groups (broad SMARTS) is 1. The van der Waals surface area contributed by atoms with Gasteiger partial charge in [-0.3, -0.25) is 9.59 Å². The Morgan fingerprint density at radius 3 is 2.47 bits per heavy atom. The molecule has 0 aromatic rings. The number of nitrogens with one attached hydrogen (secondary N) is 2. The smallest absolute Gasteiger partial charge is 0.311 e. The predicted molar refractivity (Wildman–Crippen MR) is 55.4 cm³/mol. The van der Waals surface area contributed by atoms with E-state index in [1.54, 1.807) is 6.92 Å². The van der Waals surface area contributed by atoms with E-state index in [0.717, 1.165) is 0 Å². The number of carbonyl (C=O) groups excluding carboxylic acids is 1. The molecule has 0 aliphatic carbocycles. The van der Waals surface area contributed by atoms with E-state index in [9.17, 15) is 9.59 Å². The second kappa shape index (κ2) is 4.61. The van der Waals surface area contributed by atoms with Crippen LogP contribution in [-0.2, 0) is 9.59 Å². The summed E-state index contributed by atoms with van der Waals surface area (Å²) in [6, 6.07) is 0. The minimum absolute atomic E-state index is 0.0138. The van der Waals surface area contributed by atoms with Gasteiger partial charge in [0.2, 0.25) is 5.91 Å². The SMILES string of the molecule is CCC(C)(CNC(=O)C1CNC1)C(=O)O. The van der Waals surface area contributed by atoms with Gasteiger partial charge in [-0.2, -0.15) is 0 Å². The van der Waals surface area contributed by atoms with Gasteiger partial charge in [-0.25, -0.2) is 0 Å². The lowest BCUT2D eigenvalue weighted by Crippen LogP contribution is -2.52. The van der Waals surface area contributed by atoms with Gasteiger partial charge >= 0.3 is 5.97 Å². The highest BCUT2D eigenvalue weighted by Crippen LogP contribution is 2.20. The van der Waals surface area contributed by atoms with E-state index in [4.69, 9.17) is 5.11 Å². The first-order valence-corrected chi connectivity index (χ1v) is 5.21. The van der Waals surface area contributed by atoms with E-state index >= 15 is 0 Å². The quantitative estimate of drug-likeness (QED) is 0.593. The van der Waals surface area contributed by atoms with Crippen LogP contribution in [0, 0.1) is 11.3 Å². The van der Waals surface area contributed by atoms with E-state index in [-0.39, 0.29) is 18.4 Å². The number of amides is 1. The molecule has 1 atom stereocenters. The maximum absolute atomic E-state index is 11.5. The van der Waals surface area contributed by atoms with Gasteiger partial charge in [0, 0.05) is 19.6 Å². The van der Waals surface area contributed by atoms with Crippen LogP contribution in [0.4, 0.5) is 0 Å². The van der Waals surface area contributed by atoms with Gasteiger partial charge < -0.3 is 15.7 Å². The van der Waals surface area contributed by atoms with Crippen LogP contribution in [0.1, 0.15) is 20.3 Å². The Morgan fingerprint density at radius 2 is 2.13 bits per heavy atom. The molecule has 5 nitrogen and oxygen atoms in total. The molecule has 5 heteroatoms. The highest BCUT2D eigenvalue weighted by molar-refractivity contribution is 5.81. The van der Waals surface area contributed by atoms with Gasteiger partial charge in [0.05, 0.1) is 11.3 Å². The lowest BCUT2D eigenvalue weighted by molar-refractivity contribution is -0.148. The summed E-state index contributed by atoms with van der Waals surface area (Å²) in [5.74, 6) is -0.897. The average molecular weight is 214 g/mol. The molecule has 0 aromatic heterocycles. The van der Waals surface area contributed by atoms with Crippen LogP contribution >= 0.6 is 0 Å². The lowest BCUT2D eigenvalue weighted by Gasteiger charge is -2.29. The first-order valence-electron chi connectivity index (χ1n) is 5.21. The van der Waals surface area contributed by atoms with Crippen molar-refractivity contribution in [2.24, 2.45) is 11.3 Å². The van der Waals surface area contributed by atoms with Crippen molar-refractivity contribution in [1.29, 1.82) is 0 Å². The van der Waals surface area contributed by atoms with Crippen LogP contribution in [0.3, 0.4) is 0 Å². The van der Waals surface area contributed by atoms with Crippen molar-refractivity contribution < 1.29 is 14.7 Å². The standard InChI is InChI=1S/C10H18N2O3/c1-3-10(2,9(14)15)6-12-8(13)7-4-11-5-7/h7,11H,3-6H2,1-2H3,(H,12,13)(H,14,15). The summed E-state index contributed by atoms with van der Waals surface area (Å²) in [5.41, 5.74) is -0.854. The van der Waals surface area contributed by atoms with Gasteiger partial charge in [-0.1, -0.05) is 6.92 Å². The van der Waals surface area contributed by atoms with Crippen LogP contribution in [-0.4, -0.2) is 36.6 Å². The molecular weight excluding hydrogens is 196 g/mol. The zero-order valence-electron chi connectivity index (χ0n) is 9.17. The molecule has 0 spiro atoms. The molecule has 15 heavy (non-hydrogen) atoms. The molecular formula is C10H18N2O3. The second-order valence-electron chi connectivity index (χ2n) is 4.29. The van der Waals surface area contributed by atoms with Crippen LogP contribution in [0.5, 0.6) is 0 Å². The zero-order valence-corrected chi connectivity index (χ0v) is 9.17. The molecule has 1 unspecified atom stereocenters. The lowest BCUT2D eigenvalue weighted by atomic mass is 9.87. The molecule has 1 aliphatic rings. The van der Waals surface area contributed by atoms with Crippen molar-refractivity contribution >= 4 is 11.9 Å².